The van der Waals surface area contributed by atoms with Crippen LogP contribution < -0.4 is 11.3 Å². The minimum Gasteiger partial charge on any atom is -0.271 e. The van der Waals surface area contributed by atoms with Crippen molar-refractivity contribution in [2.45, 2.75) is 12.5 Å². The zero-order valence-electron chi connectivity index (χ0n) is 10.3. The molecule has 0 aromatic heterocycles. The van der Waals surface area contributed by atoms with Crippen molar-refractivity contribution >= 4 is 27.5 Å². The van der Waals surface area contributed by atoms with Gasteiger partial charge < -0.3 is 0 Å². The van der Waals surface area contributed by atoms with Gasteiger partial charge in [-0.3, -0.25) is 11.3 Å². The normalized spacial score (nSPS) is 12.4. The van der Waals surface area contributed by atoms with E-state index in [2.05, 4.69) is 21.4 Å². The summed E-state index contributed by atoms with van der Waals surface area (Å²) in [5.74, 6) is 4.61. The van der Waals surface area contributed by atoms with Crippen molar-refractivity contribution in [1.82, 2.24) is 5.43 Å². The fraction of sp³-hybridized carbons (Fsp3) is 0.143. The Kier molecular flexibility index (Phi) is 5.10. The highest BCUT2D eigenvalue weighted by molar-refractivity contribution is 9.10. The van der Waals surface area contributed by atoms with E-state index in [9.17, 15) is 8.78 Å². The lowest BCUT2D eigenvalue weighted by atomic mass is 9.99. The van der Waals surface area contributed by atoms with Crippen molar-refractivity contribution in [3.63, 3.8) is 0 Å². The number of hydrogen-bond acceptors (Lipinski definition) is 2. The van der Waals surface area contributed by atoms with Gasteiger partial charge in [-0.15, -0.1) is 0 Å². The smallest absolute Gasteiger partial charge is 0.142 e. The van der Waals surface area contributed by atoms with Gasteiger partial charge in [-0.1, -0.05) is 45.7 Å². The molecule has 1 atom stereocenters. The van der Waals surface area contributed by atoms with Crippen molar-refractivity contribution < 1.29 is 8.78 Å². The van der Waals surface area contributed by atoms with E-state index in [4.69, 9.17) is 17.4 Å². The Morgan fingerprint density at radius 1 is 1.20 bits per heavy atom. The number of benzene rings is 2. The van der Waals surface area contributed by atoms with Crippen molar-refractivity contribution in [2.75, 3.05) is 0 Å². The summed E-state index contributed by atoms with van der Waals surface area (Å²) in [5, 5.41) is -0.00651. The molecule has 3 N–H and O–H groups in total. The molecule has 0 saturated carbocycles. The number of rotatable bonds is 4. The second-order valence-electron chi connectivity index (χ2n) is 4.30. The molecule has 0 aliphatic rings. The van der Waals surface area contributed by atoms with Gasteiger partial charge in [0.25, 0.3) is 0 Å². The van der Waals surface area contributed by atoms with Gasteiger partial charge in [-0.2, -0.15) is 0 Å². The second-order valence-corrected chi connectivity index (χ2v) is 5.60. The van der Waals surface area contributed by atoms with E-state index in [1.165, 1.54) is 12.1 Å². The molecule has 2 aromatic rings. The van der Waals surface area contributed by atoms with Crippen LogP contribution in [0.2, 0.25) is 5.02 Å². The summed E-state index contributed by atoms with van der Waals surface area (Å²) in [4.78, 5) is 0. The Hall–Kier alpha value is -1.01. The predicted octanol–water partition coefficient (Wildman–Crippen LogP) is 4.13. The van der Waals surface area contributed by atoms with E-state index in [0.29, 0.717) is 15.6 Å². The second kappa shape index (κ2) is 6.63. The van der Waals surface area contributed by atoms with Crippen LogP contribution in [0.25, 0.3) is 0 Å². The third kappa shape index (κ3) is 3.35. The van der Waals surface area contributed by atoms with E-state index in [0.717, 1.165) is 0 Å². The van der Waals surface area contributed by atoms with Crippen LogP contribution in [0.3, 0.4) is 0 Å². The third-order valence-corrected chi connectivity index (χ3v) is 3.89. The largest absolute Gasteiger partial charge is 0.271 e. The van der Waals surface area contributed by atoms with Gasteiger partial charge in [-0.05, 0) is 35.7 Å². The van der Waals surface area contributed by atoms with Crippen molar-refractivity contribution in [3.8, 4) is 0 Å². The lowest BCUT2D eigenvalue weighted by molar-refractivity contribution is 0.524. The van der Waals surface area contributed by atoms with Crippen molar-refractivity contribution in [2.24, 2.45) is 5.84 Å². The molecule has 106 valence electrons. The van der Waals surface area contributed by atoms with Crippen LogP contribution in [-0.2, 0) is 6.42 Å². The van der Waals surface area contributed by atoms with Crippen LogP contribution in [0.15, 0.2) is 40.9 Å². The SMILES string of the molecule is NNC(Cc1ccc(Br)cc1F)c1cccc(F)c1Cl. The number of nitrogens with two attached hydrogens (primary N) is 1. The monoisotopic (exact) mass is 360 g/mol. The molecule has 0 amide bonds. The quantitative estimate of drug-likeness (QED) is 0.635. The summed E-state index contributed by atoms with van der Waals surface area (Å²) in [5.41, 5.74) is 3.51. The summed E-state index contributed by atoms with van der Waals surface area (Å²) >= 11 is 9.12. The summed E-state index contributed by atoms with van der Waals surface area (Å²) in [6.07, 6.45) is 0.263. The third-order valence-electron chi connectivity index (χ3n) is 3.00. The van der Waals surface area contributed by atoms with Crippen molar-refractivity contribution in [3.05, 3.63) is 68.7 Å². The number of halogens is 4. The number of nitrogens with one attached hydrogen (secondary N) is 1. The van der Waals surface area contributed by atoms with Crippen LogP contribution in [0.4, 0.5) is 8.78 Å². The standard InChI is InChI=1S/C14H12BrClF2N2/c15-9-5-4-8(12(18)7-9)6-13(20-19)10-2-1-3-11(17)14(10)16/h1-5,7,13,20H,6,19H2. The first kappa shape index (κ1) is 15.4. The Balaban J connectivity index is 2.31. The van der Waals surface area contributed by atoms with Gasteiger partial charge >= 0.3 is 0 Å². The first-order valence-corrected chi connectivity index (χ1v) is 7.04. The molecule has 0 aliphatic carbocycles. The molecule has 0 bridgehead atoms. The highest BCUT2D eigenvalue weighted by atomic mass is 79.9. The molecule has 20 heavy (non-hydrogen) atoms. The summed E-state index contributed by atoms with van der Waals surface area (Å²) < 4.78 is 28.0. The fourth-order valence-corrected chi connectivity index (χ4v) is 2.55. The first-order valence-electron chi connectivity index (χ1n) is 5.87. The number of hydrogen-bond donors (Lipinski definition) is 2. The molecule has 2 aromatic carbocycles. The topological polar surface area (TPSA) is 38.0 Å². The van der Waals surface area contributed by atoms with Gasteiger partial charge in [0.2, 0.25) is 0 Å². The predicted molar refractivity (Wildman–Crippen MR) is 79.3 cm³/mol. The molecule has 0 spiro atoms. The maximum absolute atomic E-state index is 13.8. The Labute approximate surface area is 129 Å². The summed E-state index contributed by atoms with van der Waals surface area (Å²) in [6, 6.07) is 8.74. The van der Waals surface area contributed by atoms with Crippen LogP contribution in [0.1, 0.15) is 17.2 Å². The molecule has 0 fully saturated rings. The van der Waals surface area contributed by atoms with E-state index in [1.54, 1.807) is 24.3 Å². The van der Waals surface area contributed by atoms with Gasteiger partial charge in [0.15, 0.2) is 0 Å². The molecular formula is C14H12BrClF2N2. The minimum absolute atomic E-state index is 0.00651. The Bertz CT molecular complexity index is 622. The van der Waals surface area contributed by atoms with Gasteiger partial charge in [-0.25, -0.2) is 8.78 Å². The van der Waals surface area contributed by atoms with Crippen LogP contribution in [0.5, 0.6) is 0 Å². The van der Waals surface area contributed by atoms with E-state index in [-0.39, 0.29) is 17.3 Å². The zero-order valence-corrected chi connectivity index (χ0v) is 12.7. The minimum atomic E-state index is -0.527. The zero-order chi connectivity index (χ0) is 14.7. The highest BCUT2D eigenvalue weighted by Crippen LogP contribution is 2.28. The van der Waals surface area contributed by atoms with Crippen LogP contribution in [-0.4, -0.2) is 0 Å². The lowest BCUT2D eigenvalue weighted by Gasteiger charge is -2.18. The summed E-state index contributed by atoms with van der Waals surface area (Å²) in [6.45, 7) is 0. The maximum atomic E-state index is 13.8. The average Bonchev–Trinajstić information content (AvgIpc) is 2.42. The van der Waals surface area contributed by atoms with E-state index < -0.39 is 11.9 Å². The van der Waals surface area contributed by atoms with E-state index >= 15 is 0 Å². The lowest BCUT2D eigenvalue weighted by Crippen LogP contribution is -2.30. The van der Waals surface area contributed by atoms with Crippen LogP contribution in [0, 0.1) is 11.6 Å². The fourth-order valence-electron chi connectivity index (χ4n) is 1.96. The molecule has 0 aliphatic heterocycles. The number of hydrazine groups is 1. The molecule has 0 heterocycles. The first-order chi connectivity index (χ1) is 9.52. The maximum Gasteiger partial charge on any atom is 0.142 e. The van der Waals surface area contributed by atoms with Crippen LogP contribution >= 0.6 is 27.5 Å². The molecule has 0 saturated heterocycles. The molecule has 0 radical (unpaired) electrons. The highest BCUT2D eigenvalue weighted by Gasteiger charge is 2.18. The average molecular weight is 362 g/mol. The molecule has 1 unspecified atom stereocenters. The summed E-state index contributed by atoms with van der Waals surface area (Å²) in [7, 11) is 0. The molecule has 2 rings (SSSR count). The van der Waals surface area contributed by atoms with E-state index in [1.807, 2.05) is 0 Å². The van der Waals surface area contributed by atoms with Gasteiger partial charge in [0.1, 0.15) is 11.6 Å². The Morgan fingerprint density at radius 3 is 2.60 bits per heavy atom. The molecular weight excluding hydrogens is 350 g/mol. The van der Waals surface area contributed by atoms with Gasteiger partial charge in [0.05, 0.1) is 11.1 Å². The van der Waals surface area contributed by atoms with Crippen molar-refractivity contribution in [1.29, 1.82) is 0 Å². The Morgan fingerprint density at radius 2 is 1.95 bits per heavy atom. The molecule has 2 nitrogen and oxygen atoms in total. The molecule has 6 heteroatoms. The van der Waals surface area contributed by atoms with Gasteiger partial charge in [0, 0.05) is 4.47 Å².